The van der Waals surface area contributed by atoms with Crippen LogP contribution in [0.25, 0.3) is 0 Å². The minimum absolute atomic E-state index is 0.187. The molecule has 1 N–H and O–H groups in total. The third-order valence-electron chi connectivity index (χ3n) is 1.92. The fraction of sp³-hybridized carbons (Fsp3) is 0.700. The van der Waals surface area contributed by atoms with E-state index in [1.54, 1.807) is 0 Å². The van der Waals surface area contributed by atoms with Gasteiger partial charge in [0.1, 0.15) is 0 Å². The van der Waals surface area contributed by atoms with Crippen LogP contribution in [-0.4, -0.2) is 11.1 Å². The van der Waals surface area contributed by atoms with Gasteiger partial charge in [0.2, 0.25) is 0 Å². The highest BCUT2D eigenvalue weighted by molar-refractivity contribution is 5.87. The zero-order chi connectivity index (χ0) is 9.56. The topological polar surface area (TPSA) is 37.3 Å². The first-order valence-corrected chi connectivity index (χ1v) is 4.56. The van der Waals surface area contributed by atoms with Crippen molar-refractivity contribution in [3.63, 3.8) is 0 Å². The van der Waals surface area contributed by atoms with Crippen molar-refractivity contribution in [2.75, 3.05) is 0 Å². The van der Waals surface area contributed by atoms with Gasteiger partial charge in [-0.15, -0.1) is 0 Å². The van der Waals surface area contributed by atoms with Crippen LogP contribution >= 0.6 is 0 Å². The Bertz CT molecular complexity index is 171. The predicted octanol–water partition coefficient (Wildman–Crippen LogP) is 2.84. The minimum atomic E-state index is -0.766. The molecule has 0 saturated carbocycles. The summed E-state index contributed by atoms with van der Waals surface area (Å²) in [5.74, 6) is -0.578. The molecular formula is C10H18O2. The van der Waals surface area contributed by atoms with Gasteiger partial charge >= 0.3 is 5.97 Å². The summed E-state index contributed by atoms with van der Waals surface area (Å²) in [7, 11) is 0. The molecule has 0 amide bonds. The summed E-state index contributed by atoms with van der Waals surface area (Å²) in [6.07, 6.45) is 4.60. The highest BCUT2D eigenvalue weighted by atomic mass is 16.4. The number of carboxylic acids is 1. The molecule has 0 spiro atoms. The van der Waals surface area contributed by atoms with E-state index in [0.29, 0.717) is 5.57 Å². The van der Waals surface area contributed by atoms with Crippen LogP contribution in [-0.2, 0) is 4.79 Å². The molecule has 0 radical (unpaired) electrons. The summed E-state index contributed by atoms with van der Waals surface area (Å²) >= 11 is 0. The molecular weight excluding hydrogens is 152 g/mol. The first-order valence-electron chi connectivity index (χ1n) is 4.56. The van der Waals surface area contributed by atoms with E-state index in [2.05, 4.69) is 6.92 Å². The van der Waals surface area contributed by atoms with Gasteiger partial charge in [-0.3, -0.25) is 0 Å². The summed E-state index contributed by atoms with van der Waals surface area (Å²) in [5.41, 5.74) is 0.569. The first-order chi connectivity index (χ1) is 5.63. The second-order valence-corrected chi connectivity index (χ2v) is 3.06. The van der Waals surface area contributed by atoms with Gasteiger partial charge in [-0.25, -0.2) is 4.79 Å². The predicted molar refractivity (Wildman–Crippen MR) is 50.1 cm³/mol. The second kappa shape index (κ2) is 5.81. The van der Waals surface area contributed by atoms with Gasteiger partial charge < -0.3 is 5.11 Å². The molecule has 0 fully saturated rings. The first kappa shape index (κ1) is 11.2. The normalized spacial score (nSPS) is 14.4. The van der Waals surface area contributed by atoms with Crippen molar-refractivity contribution in [2.45, 2.75) is 40.0 Å². The number of hydrogen-bond donors (Lipinski definition) is 1. The molecule has 0 aromatic heterocycles. The third kappa shape index (κ3) is 3.56. The number of carboxylic acid groups (broad SMARTS) is 1. The molecule has 70 valence electrons. The highest BCUT2D eigenvalue weighted by Gasteiger charge is 2.13. The molecule has 2 heteroatoms. The van der Waals surface area contributed by atoms with Gasteiger partial charge in [-0.1, -0.05) is 33.3 Å². The zero-order valence-corrected chi connectivity index (χ0v) is 8.13. The molecule has 0 aromatic rings. The van der Waals surface area contributed by atoms with Crippen LogP contribution in [0, 0.1) is 5.92 Å². The zero-order valence-electron chi connectivity index (χ0n) is 8.13. The Morgan fingerprint density at radius 1 is 1.50 bits per heavy atom. The number of carbonyl (C=O) groups is 1. The Kier molecular flexibility index (Phi) is 5.43. The van der Waals surface area contributed by atoms with Gasteiger partial charge in [-0.2, -0.15) is 0 Å². The van der Waals surface area contributed by atoms with E-state index in [9.17, 15) is 4.79 Å². The molecule has 0 bridgehead atoms. The maximum Gasteiger partial charge on any atom is 0.331 e. The van der Waals surface area contributed by atoms with Crippen molar-refractivity contribution in [1.82, 2.24) is 0 Å². The molecule has 12 heavy (non-hydrogen) atoms. The molecule has 0 rings (SSSR count). The average Bonchev–Trinajstić information content (AvgIpc) is 1.99. The lowest BCUT2D eigenvalue weighted by Crippen LogP contribution is -2.09. The molecule has 0 aliphatic rings. The van der Waals surface area contributed by atoms with E-state index < -0.39 is 5.97 Å². The van der Waals surface area contributed by atoms with E-state index >= 15 is 0 Å². The lowest BCUT2D eigenvalue weighted by Gasteiger charge is -2.10. The lowest BCUT2D eigenvalue weighted by atomic mass is 9.95. The SMILES string of the molecule is CCC=C(C(=O)O)C(C)CCC. The summed E-state index contributed by atoms with van der Waals surface area (Å²) in [6.45, 7) is 6.00. The Morgan fingerprint density at radius 3 is 2.42 bits per heavy atom. The van der Waals surface area contributed by atoms with Crippen molar-refractivity contribution >= 4 is 5.97 Å². The fourth-order valence-corrected chi connectivity index (χ4v) is 1.31. The smallest absolute Gasteiger partial charge is 0.331 e. The second-order valence-electron chi connectivity index (χ2n) is 3.06. The molecule has 0 aliphatic heterocycles. The Hall–Kier alpha value is -0.790. The lowest BCUT2D eigenvalue weighted by molar-refractivity contribution is -0.133. The van der Waals surface area contributed by atoms with Gasteiger partial charge in [0.15, 0.2) is 0 Å². The van der Waals surface area contributed by atoms with Crippen molar-refractivity contribution in [3.8, 4) is 0 Å². The van der Waals surface area contributed by atoms with Gasteiger partial charge in [0.05, 0.1) is 0 Å². The van der Waals surface area contributed by atoms with Crippen LogP contribution in [0.2, 0.25) is 0 Å². The van der Waals surface area contributed by atoms with Crippen LogP contribution in [0.5, 0.6) is 0 Å². The average molecular weight is 170 g/mol. The van der Waals surface area contributed by atoms with Gasteiger partial charge in [-0.05, 0) is 18.8 Å². The van der Waals surface area contributed by atoms with Crippen LogP contribution in [0.3, 0.4) is 0 Å². The summed E-state index contributed by atoms with van der Waals surface area (Å²) in [4.78, 5) is 10.7. The van der Waals surface area contributed by atoms with Crippen molar-refractivity contribution in [3.05, 3.63) is 11.6 Å². The monoisotopic (exact) mass is 170 g/mol. The van der Waals surface area contributed by atoms with Crippen LogP contribution < -0.4 is 0 Å². The Labute approximate surface area is 74.3 Å². The fourth-order valence-electron chi connectivity index (χ4n) is 1.31. The highest BCUT2D eigenvalue weighted by Crippen LogP contribution is 2.16. The summed E-state index contributed by atoms with van der Waals surface area (Å²) in [5, 5.41) is 8.83. The number of hydrogen-bond acceptors (Lipinski definition) is 1. The molecule has 0 heterocycles. The maximum atomic E-state index is 10.7. The van der Waals surface area contributed by atoms with Gasteiger partial charge in [0, 0.05) is 5.57 Å². The van der Waals surface area contributed by atoms with Crippen LogP contribution in [0.1, 0.15) is 40.0 Å². The molecule has 0 aliphatic carbocycles. The number of rotatable bonds is 5. The quantitative estimate of drug-likeness (QED) is 0.644. The van der Waals surface area contributed by atoms with Crippen molar-refractivity contribution < 1.29 is 9.90 Å². The number of allylic oxidation sites excluding steroid dienone is 1. The van der Waals surface area contributed by atoms with E-state index in [1.165, 1.54) is 0 Å². The van der Waals surface area contributed by atoms with E-state index in [4.69, 9.17) is 5.11 Å². The van der Waals surface area contributed by atoms with E-state index in [1.807, 2.05) is 19.9 Å². The third-order valence-corrected chi connectivity index (χ3v) is 1.92. The molecule has 0 saturated heterocycles. The number of aliphatic carboxylic acids is 1. The molecule has 2 nitrogen and oxygen atoms in total. The molecule has 1 atom stereocenters. The van der Waals surface area contributed by atoms with Crippen molar-refractivity contribution in [1.29, 1.82) is 0 Å². The summed E-state index contributed by atoms with van der Waals surface area (Å²) < 4.78 is 0. The largest absolute Gasteiger partial charge is 0.478 e. The molecule has 0 aromatic carbocycles. The maximum absolute atomic E-state index is 10.7. The van der Waals surface area contributed by atoms with Crippen molar-refractivity contribution in [2.24, 2.45) is 5.92 Å². The van der Waals surface area contributed by atoms with Crippen LogP contribution in [0.4, 0.5) is 0 Å². The molecule has 1 unspecified atom stereocenters. The van der Waals surface area contributed by atoms with E-state index in [-0.39, 0.29) is 5.92 Å². The Morgan fingerprint density at radius 2 is 2.08 bits per heavy atom. The summed E-state index contributed by atoms with van der Waals surface area (Å²) in [6, 6.07) is 0. The Balaban J connectivity index is 4.30. The standard InChI is InChI=1S/C10H18O2/c1-4-6-8(3)9(7-5-2)10(11)12/h7-8H,4-6H2,1-3H3,(H,11,12). The minimum Gasteiger partial charge on any atom is -0.478 e. The van der Waals surface area contributed by atoms with E-state index in [0.717, 1.165) is 19.3 Å². The van der Waals surface area contributed by atoms with Gasteiger partial charge in [0.25, 0.3) is 0 Å². The van der Waals surface area contributed by atoms with Crippen LogP contribution in [0.15, 0.2) is 11.6 Å².